The molecular formula is C12H8ClMgNS. The van der Waals surface area contributed by atoms with Gasteiger partial charge in [-0.3, -0.25) is 0 Å². The molecule has 0 radical (unpaired) electrons. The third kappa shape index (κ3) is 1.82. The van der Waals surface area contributed by atoms with E-state index in [1.165, 1.54) is 24.9 Å². The maximum atomic E-state index is 6.08. The van der Waals surface area contributed by atoms with Gasteiger partial charge < -0.3 is 14.4 Å². The number of hydrogen-bond acceptors (Lipinski definition) is 2. The molecule has 1 N–H and O–H groups in total. The molecule has 76 valence electrons. The third-order valence-electron chi connectivity index (χ3n) is 2.62. The molecule has 0 fully saturated rings. The zero-order chi connectivity index (χ0) is 11.0. The van der Waals surface area contributed by atoms with Crippen molar-refractivity contribution in [2.24, 2.45) is 0 Å². The Hall–Kier alpha value is -0.354. The molecular weight excluding hydrogens is 250 g/mol. The van der Waals surface area contributed by atoms with Gasteiger partial charge in [0.05, 0.1) is 5.69 Å². The molecule has 0 aromatic heterocycles. The van der Waals surface area contributed by atoms with Crippen LogP contribution >= 0.6 is 20.8 Å². The van der Waals surface area contributed by atoms with E-state index in [4.69, 9.17) is 9.07 Å². The summed E-state index contributed by atoms with van der Waals surface area (Å²) >= 11 is 1.16. The monoisotopic (exact) mass is 257 g/mol. The van der Waals surface area contributed by atoms with Crippen LogP contribution in [0.5, 0.6) is 0 Å². The van der Waals surface area contributed by atoms with Gasteiger partial charge in [0.25, 0.3) is 0 Å². The number of hydrogen-bond donors (Lipinski definition) is 1. The molecule has 1 aliphatic rings. The molecule has 0 spiro atoms. The number of halogens is 1. The fourth-order valence-corrected chi connectivity index (χ4v) is 4.30. The van der Waals surface area contributed by atoms with E-state index in [-0.39, 0.29) is 0 Å². The Kier molecular flexibility index (Phi) is 3.02. The van der Waals surface area contributed by atoms with Gasteiger partial charge in [-0.2, -0.15) is 0 Å². The number of fused-ring (bicyclic) bond motifs is 2. The second kappa shape index (κ2) is 4.49. The summed E-state index contributed by atoms with van der Waals surface area (Å²) in [4.78, 5) is 2.56. The van der Waals surface area contributed by atoms with Crippen molar-refractivity contribution in [2.45, 2.75) is 9.79 Å². The Labute approximate surface area is 112 Å². The van der Waals surface area contributed by atoms with Crippen LogP contribution in [-0.4, -0.2) is 19.3 Å². The molecule has 1 heterocycles. The van der Waals surface area contributed by atoms with Crippen LogP contribution in [0.3, 0.4) is 0 Å². The van der Waals surface area contributed by atoms with Gasteiger partial charge in [0, 0.05) is 15.5 Å². The minimum absolute atomic E-state index is 0.649. The summed E-state index contributed by atoms with van der Waals surface area (Å²) < 4.78 is 1.29. The highest BCUT2D eigenvalue weighted by Gasteiger charge is 2.17. The molecule has 0 amide bonds. The summed E-state index contributed by atoms with van der Waals surface area (Å²) in [6.45, 7) is 0. The van der Waals surface area contributed by atoms with E-state index >= 15 is 0 Å². The van der Waals surface area contributed by atoms with Crippen LogP contribution in [0.4, 0.5) is 11.4 Å². The molecule has 0 saturated carbocycles. The largest absolute Gasteiger partial charge is 0.541 e. The van der Waals surface area contributed by atoms with Crippen molar-refractivity contribution in [1.82, 2.24) is 0 Å². The first-order valence-corrected chi connectivity index (χ1v) is 8.76. The van der Waals surface area contributed by atoms with Crippen LogP contribution in [0.25, 0.3) is 0 Å². The zero-order valence-electron chi connectivity index (χ0n) is 8.53. The lowest BCUT2D eigenvalue weighted by Gasteiger charge is -2.23. The van der Waals surface area contributed by atoms with Gasteiger partial charge in [-0.25, -0.2) is 0 Å². The molecule has 2 aromatic carbocycles. The highest BCUT2D eigenvalue weighted by atomic mass is 35.5. The van der Waals surface area contributed by atoms with E-state index in [0.717, 1.165) is 0 Å². The maximum Gasteiger partial charge on any atom is 0.541 e. The second-order valence-corrected chi connectivity index (χ2v) is 6.56. The van der Waals surface area contributed by atoms with Crippen LogP contribution in [0.2, 0.25) is 0 Å². The first kappa shape index (κ1) is 10.8. The van der Waals surface area contributed by atoms with Crippen molar-refractivity contribution in [3.05, 3.63) is 42.5 Å². The van der Waals surface area contributed by atoms with E-state index in [1.54, 1.807) is 0 Å². The first-order chi connectivity index (χ1) is 7.88. The molecule has 3 rings (SSSR count). The predicted molar refractivity (Wildman–Crippen MR) is 71.5 cm³/mol. The normalized spacial score (nSPS) is 12.1. The van der Waals surface area contributed by atoms with Crippen molar-refractivity contribution >= 4 is 55.2 Å². The summed E-state index contributed by atoms with van der Waals surface area (Å²) in [5.41, 5.74) is 2.40. The molecule has 1 nitrogen and oxygen atoms in total. The first-order valence-electron chi connectivity index (χ1n) is 5.10. The van der Waals surface area contributed by atoms with Crippen LogP contribution < -0.4 is 9.01 Å². The summed E-state index contributed by atoms with van der Waals surface area (Å²) in [5, 5.41) is 3.49. The Morgan fingerprint density at radius 1 is 1.00 bits per heavy atom. The molecule has 0 bridgehead atoms. The number of benzene rings is 2. The summed E-state index contributed by atoms with van der Waals surface area (Å²) in [5.74, 6) is 0. The van der Waals surface area contributed by atoms with E-state index in [0.29, 0.717) is 0 Å². The smallest absolute Gasteiger partial charge is 0.355 e. The number of para-hydroxylation sites is 2. The van der Waals surface area contributed by atoms with E-state index < -0.39 is 19.3 Å². The molecule has 0 unspecified atom stereocenters. The Balaban J connectivity index is 2.12. The predicted octanol–water partition coefficient (Wildman–Crippen LogP) is 3.38. The number of nitrogens with one attached hydrogen (secondary N) is 1. The standard InChI is InChI=1S/C12H8NS.ClH.Mg/c1-3-7-11-9(5-1)13-10-6-2-4-8-12(10)14-11;;/h1-5,7-8,13H;1H;/q;;+1/p-1. The van der Waals surface area contributed by atoms with Gasteiger partial charge in [-0.15, -0.1) is 3.69 Å². The van der Waals surface area contributed by atoms with Gasteiger partial charge in [0.15, 0.2) is 0 Å². The topological polar surface area (TPSA) is 12.0 Å². The van der Waals surface area contributed by atoms with Gasteiger partial charge >= 0.3 is 19.3 Å². The van der Waals surface area contributed by atoms with Gasteiger partial charge in [0.1, 0.15) is 0 Å². The quantitative estimate of drug-likeness (QED) is 0.671. The molecule has 2 aromatic rings. The highest BCUT2D eigenvalue weighted by molar-refractivity contribution is 7.99. The fourth-order valence-electron chi connectivity index (χ4n) is 1.83. The number of rotatable bonds is 1. The maximum absolute atomic E-state index is 6.08. The van der Waals surface area contributed by atoms with Gasteiger partial charge in [-0.1, -0.05) is 36.0 Å². The molecule has 0 saturated heterocycles. The number of anilines is 2. The average Bonchev–Trinajstić information content (AvgIpc) is 2.35. The summed E-state index contributed by atoms with van der Waals surface area (Å²) in [6, 6.07) is 14.7. The van der Waals surface area contributed by atoms with Crippen molar-refractivity contribution in [3.63, 3.8) is 0 Å². The fraction of sp³-hybridized carbons (Fsp3) is 0. The van der Waals surface area contributed by atoms with Crippen LogP contribution in [0, 0.1) is 0 Å². The minimum atomic E-state index is -0.649. The average molecular weight is 258 g/mol. The van der Waals surface area contributed by atoms with Crippen molar-refractivity contribution in [1.29, 1.82) is 0 Å². The van der Waals surface area contributed by atoms with Crippen molar-refractivity contribution < 1.29 is 0 Å². The molecule has 1 aliphatic heterocycles. The van der Waals surface area contributed by atoms with E-state index in [9.17, 15) is 0 Å². The zero-order valence-corrected chi connectivity index (χ0v) is 11.5. The van der Waals surface area contributed by atoms with E-state index in [2.05, 4.69) is 47.8 Å². The van der Waals surface area contributed by atoms with Crippen LogP contribution in [0.1, 0.15) is 0 Å². The van der Waals surface area contributed by atoms with Crippen molar-refractivity contribution in [3.8, 4) is 0 Å². The molecule has 0 aliphatic carbocycles. The molecule has 0 atom stereocenters. The minimum Gasteiger partial charge on any atom is -0.355 e. The van der Waals surface area contributed by atoms with E-state index in [1.807, 2.05) is 11.8 Å². The Morgan fingerprint density at radius 2 is 1.81 bits per heavy atom. The lowest BCUT2D eigenvalue weighted by Crippen LogP contribution is -2.16. The van der Waals surface area contributed by atoms with Gasteiger partial charge in [0.2, 0.25) is 0 Å². The SMILES string of the molecule is [Cl][Mg][c]1cccc2c1Nc1ccccc1S2. The van der Waals surface area contributed by atoms with Crippen molar-refractivity contribution in [2.75, 3.05) is 5.32 Å². The molecule has 4 heteroatoms. The van der Waals surface area contributed by atoms with Crippen LogP contribution in [0.15, 0.2) is 52.3 Å². The van der Waals surface area contributed by atoms with Crippen LogP contribution in [-0.2, 0) is 0 Å². The summed E-state index contributed by atoms with van der Waals surface area (Å²) in [7, 11) is 6.08. The Morgan fingerprint density at radius 3 is 2.69 bits per heavy atom. The van der Waals surface area contributed by atoms with Gasteiger partial charge in [-0.05, 0) is 18.2 Å². The third-order valence-corrected chi connectivity index (χ3v) is 5.50. The second-order valence-electron chi connectivity index (χ2n) is 3.65. The molecule has 16 heavy (non-hydrogen) atoms. The lowest BCUT2D eigenvalue weighted by molar-refractivity contribution is 1.33. The summed E-state index contributed by atoms with van der Waals surface area (Å²) in [6.07, 6.45) is 0. The Bertz CT molecular complexity index is 544. The lowest BCUT2D eigenvalue weighted by atomic mass is 10.2. The highest BCUT2D eigenvalue weighted by Crippen LogP contribution is 2.42.